The van der Waals surface area contributed by atoms with Gasteiger partial charge in [-0.3, -0.25) is 9.59 Å². The van der Waals surface area contributed by atoms with Crippen molar-refractivity contribution in [3.8, 4) is 0 Å². The van der Waals surface area contributed by atoms with Crippen molar-refractivity contribution < 1.29 is 14.7 Å². The quantitative estimate of drug-likeness (QED) is 0.397. The van der Waals surface area contributed by atoms with Gasteiger partial charge in [0.05, 0.1) is 11.6 Å². The zero-order valence-electron chi connectivity index (χ0n) is 16.3. The fourth-order valence-electron chi connectivity index (χ4n) is 3.65. The smallest absolute Gasteiger partial charge is 0.295 e. The van der Waals surface area contributed by atoms with Crippen molar-refractivity contribution in [1.29, 1.82) is 0 Å². The molecule has 1 atom stereocenters. The lowest BCUT2D eigenvalue weighted by molar-refractivity contribution is -0.140. The molecule has 4 rings (SSSR count). The molecule has 1 aliphatic heterocycles. The molecule has 0 bridgehead atoms. The van der Waals surface area contributed by atoms with Gasteiger partial charge in [0.25, 0.3) is 11.7 Å². The minimum absolute atomic E-state index is 0.125. The van der Waals surface area contributed by atoms with Crippen molar-refractivity contribution in [2.75, 3.05) is 27.2 Å². The van der Waals surface area contributed by atoms with Gasteiger partial charge in [0, 0.05) is 23.5 Å². The molecule has 0 spiro atoms. The number of Topliss-reactive ketones (excluding diaryl/α,β-unsaturated/α-hetero) is 1. The fraction of sp³-hybridized carbons (Fsp3) is 0.217. The van der Waals surface area contributed by atoms with Crippen LogP contribution in [-0.4, -0.2) is 53.8 Å². The molecule has 1 unspecified atom stereocenters. The minimum Gasteiger partial charge on any atom is -0.507 e. The van der Waals surface area contributed by atoms with Crippen LogP contribution in [-0.2, 0) is 9.59 Å². The number of likely N-dealkylation sites (N-methyl/N-ethyl adjacent to an activating group) is 1. The van der Waals surface area contributed by atoms with E-state index in [1.165, 1.54) is 11.3 Å². The second-order valence-electron chi connectivity index (χ2n) is 7.37. The fourth-order valence-corrected chi connectivity index (χ4v) is 4.50. The molecule has 2 heterocycles. The van der Waals surface area contributed by atoms with Crippen LogP contribution >= 0.6 is 11.3 Å². The van der Waals surface area contributed by atoms with Crippen molar-refractivity contribution in [3.63, 3.8) is 0 Å². The summed E-state index contributed by atoms with van der Waals surface area (Å²) in [5.41, 5.74) is 0.697. The summed E-state index contributed by atoms with van der Waals surface area (Å²) >= 11 is 1.48. The van der Waals surface area contributed by atoms with Gasteiger partial charge in [-0.2, -0.15) is 0 Å². The van der Waals surface area contributed by atoms with Crippen LogP contribution in [0.2, 0.25) is 0 Å². The molecule has 1 saturated heterocycles. The van der Waals surface area contributed by atoms with Crippen molar-refractivity contribution in [2.24, 2.45) is 0 Å². The summed E-state index contributed by atoms with van der Waals surface area (Å²) in [7, 11) is 3.84. The first kappa shape index (κ1) is 19.4. The van der Waals surface area contributed by atoms with Gasteiger partial charge in [0.2, 0.25) is 0 Å². The summed E-state index contributed by atoms with van der Waals surface area (Å²) in [6.07, 6.45) is 0. The predicted octanol–water partition coefficient (Wildman–Crippen LogP) is 3.88. The van der Waals surface area contributed by atoms with Gasteiger partial charge in [-0.25, -0.2) is 0 Å². The van der Waals surface area contributed by atoms with E-state index in [-0.39, 0.29) is 11.3 Å². The number of hydrogen-bond acceptors (Lipinski definition) is 5. The number of amides is 1. The van der Waals surface area contributed by atoms with Crippen LogP contribution in [0.4, 0.5) is 0 Å². The van der Waals surface area contributed by atoms with E-state index in [1.54, 1.807) is 11.0 Å². The number of thiophene rings is 1. The van der Waals surface area contributed by atoms with Gasteiger partial charge in [-0.15, -0.1) is 11.3 Å². The molecule has 0 saturated carbocycles. The monoisotopic (exact) mass is 406 g/mol. The molecule has 148 valence electrons. The van der Waals surface area contributed by atoms with Crippen molar-refractivity contribution in [3.05, 3.63) is 76.0 Å². The van der Waals surface area contributed by atoms with Crippen LogP contribution in [0.5, 0.6) is 0 Å². The second-order valence-corrected chi connectivity index (χ2v) is 8.35. The Kier molecular flexibility index (Phi) is 5.22. The van der Waals surface area contributed by atoms with Gasteiger partial charge in [0.1, 0.15) is 5.76 Å². The third kappa shape index (κ3) is 3.57. The Bertz CT molecular complexity index is 1100. The Balaban J connectivity index is 1.83. The highest BCUT2D eigenvalue weighted by molar-refractivity contribution is 7.10. The van der Waals surface area contributed by atoms with Crippen LogP contribution in [0.15, 0.2) is 65.6 Å². The number of benzene rings is 2. The molecule has 5 nitrogen and oxygen atoms in total. The Morgan fingerprint density at radius 3 is 2.52 bits per heavy atom. The molecule has 29 heavy (non-hydrogen) atoms. The summed E-state index contributed by atoms with van der Waals surface area (Å²) in [5.74, 6) is -1.32. The van der Waals surface area contributed by atoms with Gasteiger partial charge in [-0.1, -0.05) is 42.5 Å². The summed E-state index contributed by atoms with van der Waals surface area (Å²) in [6.45, 7) is 1.04. The molecule has 1 fully saturated rings. The molecule has 1 N–H and O–H groups in total. The first-order valence-corrected chi connectivity index (χ1v) is 10.3. The van der Waals surface area contributed by atoms with E-state index < -0.39 is 17.7 Å². The highest BCUT2D eigenvalue weighted by atomic mass is 32.1. The van der Waals surface area contributed by atoms with Crippen molar-refractivity contribution >= 4 is 39.6 Å². The number of carbonyl (C=O) groups is 2. The standard InChI is InChI=1S/C23H22N2O3S/c1-24(2)11-12-25-20(18-8-5-13-29-18)19(22(27)23(25)28)21(26)17-10-9-15-6-3-4-7-16(15)14-17/h3-10,13-14,20,26H,11-12H2,1-2H3/b21-19-. The average molecular weight is 407 g/mol. The number of carbonyl (C=O) groups excluding carboxylic acids is 2. The van der Waals surface area contributed by atoms with E-state index in [0.717, 1.165) is 15.6 Å². The molecule has 6 heteroatoms. The van der Waals surface area contributed by atoms with Gasteiger partial charge < -0.3 is 14.9 Å². The molecule has 3 aromatic rings. The zero-order valence-corrected chi connectivity index (χ0v) is 17.1. The largest absolute Gasteiger partial charge is 0.507 e. The summed E-state index contributed by atoms with van der Waals surface area (Å²) < 4.78 is 0. The summed E-state index contributed by atoms with van der Waals surface area (Å²) in [4.78, 5) is 30.1. The van der Waals surface area contributed by atoms with Gasteiger partial charge in [0.15, 0.2) is 0 Å². The first-order valence-electron chi connectivity index (χ1n) is 9.43. The Morgan fingerprint density at radius 2 is 1.83 bits per heavy atom. The number of ketones is 1. The van der Waals surface area contributed by atoms with Crippen LogP contribution in [0.1, 0.15) is 16.5 Å². The lowest BCUT2D eigenvalue weighted by atomic mass is 9.98. The maximum atomic E-state index is 12.9. The number of fused-ring (bicyclic) bond motifs is 1. The molecule has 1 aromatic heterocycles. The van der Waals surface area contributed by atoms with E-state index >= 15 is 0 Å². The number of likely N-dealkylation sites (tertiary alicyclic amines) is 1. The van der Waals surface area contributed by atoms with E-state index in [4.69, 9.17) is 0 Å². The maximum Gasteiger partial charge on any atom is 0.295 e. The van der Waals surface area contributed by atoms with E-state index in [1.807, 2.05) is 72.9 Å². The molecular formula is C23H22N2O3S. The van der Waals surface area contributed by atoms with Crippen LogP contribution in [0.3, 0.4) is 0 Å². The maximum absolute atomic E-state index is 12.9. The number of aliphatic hydroxyl groups excluding tert-OH is 1. The van der Waals surface area contributed by atoms with Crippen LogP contribution in [0, 0.1) is 0 Å². The van der Waals surface area contributed by atoms with Gasteiger partial charge >= 0.3 is 0 Å². The Hall–Kier alpha value is -2.96. The van der Waals surface area contributed by atoms with E-state index in [2.05, 4.69) is 0 Å². The lowest BCUT2D eigenvalue weighted by Crippen LogP contribution is -2.35. The average Bonchev–Trinajstić information content (AvgIpc) is 3.33. The number of hydrogen-bond donors (Lipinski definition) is 1. The third-order valence-corrected chi connectivity index (χ3v) is 6.09. The lowest BCUT2D eigenvalue weighted by Gasteiger charge is -2.25. The molecule has 1 amide bonds. The van der Waals surface area contributed by atoms with E-state index in [9.17, 15) is 14.7 Å². The SMILES string of the molecule is CN(C)CCN1C(=O)C(=O)/C(=C(\O)c2ccc3ccccc3c2)C1c1cccs1. The second kappa shape index (κ2) is 7.81. The summed E-state index contributed by atoms with van der Waals surface area (Å²) in [5, 5.41) is 15.0. The molecule has 1 aliphatic rings. The molecular weight excluding hydrogens is 384 g/mol. The topological polar surface area (TPSA) is 60.9 Å². The molecule has 0 radical (unpaired) electrons. The zero-order chi connectivity index (χ0) is 20.5. The number of nitrogens with zero attached hydrogens (tertiary/aromatic N) is 2. The predicted molar refractivity (Wildman–Crippen MR) is 116 cm³/mol. The molecule has 0 aliphatic carbocycles. The number of rotatable bonds is 5. The molecule has 2 aromatic carbocycles. The van der Waals surface area contributed by atoms with Crippen molar-refractivity contribution in [2.45, 2.75) is 6.04 Å². The number of aliphatic hydroxyl groups is 1. The first-order chi connectivity index (χ1) is 14.0. The van der Waals surface area contributed by atoms with Crippen molar-refractivity contribution in [1.82, 2.24) is 9.80 Å². The van der Waals surface area contributed by atoms with Crippen LogP contribution in [0.25, 0.3) is 16.5 Å². The highest BCUT2D eigenvalue weighted by Gasteiger charge is 2.46. The highest BCUT2D eigenvalue weighted by Crippen LogP contribution is 2.41. The summed E-state index contributed by atoms with van der Waals surface area (Å²) in [6, 6.07) is 16.6. The normalized spacial score (nSPS) is 18.9. The minimum atomic E-state index is -0.632. The van der Waals surface area contributed by atoms with Gasteiger partial charge in [-0.05, 0) is 42.4 Å². The third-order valence-electron chi connectivity index (χ3n) is 5.16. The Morgan fingerprint density at radius 1 is 1.07 bits per heavy atom. The van der Waals surface area contributed by atoms with Crippen LogP contribution < -0.4 is 0 Å². The van der Waals surface area contributed by atoms with E-state index in [0.29, 0.717) is 18.7 Å². The Labute approximate surface area is 173 Å².